The molecule has 0 saturated heterocycles. The molecule has 0 aliphatic carbocycles. The molecule has 1 unspecified atom stereocenters. The minimum absolute atomic E-state index is 0.369. The maximum Gasteiger partial charge on any atom is 0.129 e. The molecule has 1 N–H and O–H groups in total. The summed E-state index contributed by atoms with van der Waals surface area (Å²) in [5.74, 6) is -0.369. The van der Waals surface area contributed by atoms with Gasteiger partial charge in [0.1, 0.15) is 5.82 Å². The highest BCUT2D eigenvalue weighted by molar-refractivity contribution is 9.10. The van der Waals surface area contributed by atoms with Crippen molar-refractivity contribution in [3.63, 3.8) is 0 Å². The van der Waals surface area contributed by atoms with Gasteiger partial charge >= 0.3 is 0 Å². The zero-order valence-corrected chi connectivity index (χ0v) is 14.2. The van der Waals surface area contributed by atoms with Crippen LogP contribution in [0.15, 0.2) is 34.8 Å². The van der Waals surface area contributed by atoms with Crippen LogP contribution in [0.1, 0.15) is 17.2 Å². The van der Waals surface area contributed by atoms with E-state index in [4.69, 9.17) is 34.8 Å². The third-order valence-electron chi connectivity index (χ3n) is 2.91. The summed E-state index contributed by atoms with van der Waals surface area (Å²) in [7, 11) is 1.73. The fraction of sp³-hybridized carbons (Fsp3) is 0.143. The summed E-state index contributed by atoms with van der Waals surface area (Å²) in [6, 6.07) is 7.61. The van der Waals surface area contributed by atoms with Crippen LogP contribution in [0.2, 0.25) is 15.1 Å². The first kappa shape index (κ1) is 16.1. The molecule has 106 valence electrons. The Morgan fingerprint density at radius 1 is 1.05 bits per heavy atom. The van der Waals surface area contributed by atoms with Crippen molar-refractivity contribution >= 4 is 50.7 Å². The molecule has 0 saturated carbocycles. The third kappa shape index (κ3) is 3.29. The van der Waals surface area contributed by atoms with Crippen LogP contribution in [0.3, 0.4) is 0 Å². The van der Waals surface area contributed by atoms with Crippen molar-refractivity contribution < 1.29 is 4.39 Å². The van der Waals surface area contributed by atoms with Gasteiger partial charge in [0.25, 0.3) is 0 Å². The molecule has 0 heterocycles. The van der Waals surface area contributed by atoms with Crippen LogP contribution in [0.5, 0.6) is 0 Å². The number of halogens is 5. The van der Waals surface area contributed by atoms with Crippen molar-refractivity contribution in [1.82, 2.24) is 5.32 Å². The molecular formula is C14H10BrCl3FN. The lowest BCUT2D eigenvalue weighted by Crippen LogP contribution is -2.19. The van der Waals surface area contributed by atoms with Gasteiger partial charge in [-0.2, -0.15) is 0 Å². The van der Waals surface area contributed by atoms with Gasteiger partial charge in [-0.05, 0) is 52.8 Å². The van der Waals surface area contributed by atoms with Crippen LogP contribution in [-0.2, 0) is 0 Å². The fourth-order valence-corrected chi connectivity index (χ4v) is 2.98. The van der Waals surface area contributed by atoms with E-state index < -0.39 is 6.04 Å². The Hall–Kier alpha value is -0.320. The molecule has 0 radical (unpaired) electrons. The molecule has 0 aliphatic heterocycles. The fourth-order valence-electron chi connectivity index (χ4n) is 1.97. The molecule has 6 heteroatoms. The summed E-state index contributed by atoms with van der Waals surface area (Å²) >= 11 is 21.3. The van der Waals surface area contributed by atoms with Gasteiger partial charge in [-0.1, -0.05) is 40.9 Å². The molecule has 0 amide bonds. The van der Waals surface area contributed by atoms with Crippen molar-refractivity contribution in [2.75, 3.05) is 7.05 Å². The van der Waals surface area contributed by atoms with Gasteiger partial charge in [-0.25, -0.2) is 4.39 Å². The first-order chi connectivity index (χ1) is 9.43. The lowest BCUT2D eigenvalue weighted by molar-refractivity contribution is 0.575. The third-order valence-corrected chi connectivity index (χ3v) is 4.67. The monoisotopic (exact) mass is 395 g/mol. The molecular weight excluding hydrogens is 387 g/mol. The summed E-state index contributed by atoms with van der Waals surface area (Å²) in [6.07, 6.45) is 0. The van der Waals surface area contributed by atoms with Gasteiger partial charge in [0.15, 0.2) is 0 Å². The minimum Gasteiger partial charge on any atom is -0.309 e. The number of nitrogens with one attached hydrogen (secondary N) is 1. The lowest BCUT2D eigenvalue weighted by atomic mass is 9.98. The van der Waals surface area contributed by atoms with Crippen LogP contribution >= 0.6 is 50.7 Å². The van der Waals surface area contributed by atoms with E-state index in [0.717, 1.165) is 5.56 Å². The van der Waals surface area contributed by atoms with Crippen molar-refractivity contribution in [3.8, 4) is 0 Å². The molecule has 1 nitrogen and oxygen atoms in total. The van der Waals surface area contributed by atoms with Crippen molar-refractivity contribution in [1.29, 1.82) is 0 Å². The Bertz CT molecular complexity index is 649. The van der Waals surface area contributed by atoms with Crippen molar-refractivity contribution in [2.24, 2.45) is 0 Å². The summed E-state index contributed by atoms with van der Waals surface area (Å²) in [4.78, 5) is 0. The first-order valence-corrected chi connectivity index (χ1v) is 7.63. The summed E-state index contributed by atoms with van der Waals surface area (Å²) < 4.78 is 14.7. The topological polar surface area (TPSA) is 12.0 Å². The van der Waals surface area contributed by atoms with Crippen LogP contribution in [0.25, 0.3) is 0 Å². The average molecular weight is 398 g/mol. The maximum absolute atomic E-state index is 14.2. The Kier molecular flexibility index (Phi) is 5.32. The molecule has 0 aliphatic rings. The van der Waals surface area contributed by atoms with E-state index in [0.29, 0.717) is 25.1 Å². The summed E-state index contributed by atoms with van der Waals surface area (Å²) in [5.41, 5.74) is 1.15. The molecule has 20 heavy (non-hydrogen) atoms. The van der Waals surface area contributed by atoms with Gasteiger partial charge in [-0.15, -0.1) is 0 Å². The highest BCUT2D eigenvalue weighted by Gasteiger charge is 2.20. The highest BCUT2D eigenvalue weighted by atomic mass is 79.9. The van der Waals surface area contributed by atoms with Crippen LogP contribution < -0.4 is 5.32 Å². The molecule has 0 spiro atoms. The van der Waals surface area contributed by atoms with Gasteiger partial charge in [0.05, 0.1) is 11.1 Å². The van der Waals surface area contributed by atoms with Crippen LogP contribution in [0, 0.1) is 5.82 Å². The Morgan fingerprint density at radius 2 is 1.75 bits per heavy atom. The second kappa shape index (κ2) is 6.63. The molecule has 2 rings (SSSR count). The summed E-state index contributed by atoms with van der Waals surface area (Å²) in [5, 5.41) is 4.48. The summed E-state index contributed by atoms with van der Waals surface area (Å²) in [6.45, 7) is 0. The predicted molar refractivity (Wildman–Crippen MR) is 86.5 cm³/mol. The van der Waals surface area contributed by atoms with Gasteiger partial charge in [0, 0.05) is 20.1 Å². The van der Waals surface area contributed by atoms with Crippen molar-refractivity contribution in [2.45, 2.75) is 6.04 Å². The molecule has 1 atom stereocenters. The zero-order chi connectivity index (χ0) is 14.9. The van der Waals surface area contributed by atoms with E-state index in [1.807, 2.05) is 0 Å². The molecule has 0 bridgehead atoms. The van der Waals surface area contributed by atoms with Gasteiger partial charge in [-0.3, -0.25) is 0 Å². The molecule has 2 aromatic rings. The Labute approximate surface area is 140 Å². The van der Waals surface area contributed by atoms with E-state index in [1.165, 1.54) is 6.07 Å². The molecule has 0 fully saturated rings. The molecule has 0 aromatic heterocycles. The Balaban J connectivity index is 2.55. The second-order valence-electron chi connectivity index (χ2n) is 4.18. The lowest BCUT2D eigenvalue weighted by Gasteiger charge is -2.20. The quantitative estimate of drug-likeness (QED) is 0.640. The minimum atomic E-state index is -0.412. The number of benzene rings is 2. The van der Waals surface area contributed by atoms with E-state index in [1.54, 1.807) is 31.3 Å². The highest BCUT2D eigenvalue weighted by Crippen LogP contribution is 2.34. The van der Waals surface area contributed by atoms with E-state index in [-0.39, 0.29) is 5.82 Å². The van der Waals surface area contributed by atoms with Crippen LogP contribution in [0.4, 0.5) is 4.39 Å². The first-order valence-electron chi connectivity index (χ1n) is 5.70. The Morgan fingerprint density at radius 3 is 2.35 bits per heavy atom. The normalized spacial score (nSPS) is 12.5. The largest absolute Gasteiger partial charge is 0.309 e. The van der Waals surface area contributed by atoms with Crippen molar-refractivity contribution in [3.05, 3.63) is 66.8 Å². The van der Waals surface area contributed by atoms with Gasteiger partial charge in [0.2, 0.25) is 0 Å². The smallest absolute Gasteiger partial charge is 0.129 e. The SMILES string of the molecule is CNC(c1cc(Cl)c(Br)cc1F)c1ccc(Cl)cc1Cl. The zero-order valence-electron chi connectivity index (χ0n) is 10.4. The van der Waals surface area contributed by atoms with Crippen LogP contribution in [-0.4, -0.2) is 7.05 Å². The number of hydrogen-bond acceptors (Lipinski definition) is 1. The van der Waals surface area contributed by atoms with E-state index in [2.05, 4.69) is 21.2 Å². The molecule has 2 aromatic carbocycles. The van der Waals surface area contributed by atoms with E-state index >= 15 is 0 Å². The predicted octanol–water partition coefficient (Wildman–Crippen LogP) is 5.86. The number of hydrogen-bond donors (Lipinski definition) is 1. The second-order valence-corrected chi connectivity index (χ2v) is 6.28. The van der Waals surface area contributed by atoms with E-state index in [9.17, 15) is 4.39 Å². The number of rotatable bonds is 3. The standard InChI is InChI=1S/C14H10BrCl3FN/c1-20-14(8-3-2-7(16)4-11(8)17)9-5-12(18)10(15)6-13(9)19/h2-6,14,20H,1H3. The van der Waals surface area contributed by atoms with Gasteiger partial charge < -0.3 is 5.32 Å². The average Bonchev–Trinajstić information content (AvgIpc) is 2.38. The maximum atomic E-state index is 14.2.